The predicted octanol–water partition coefficient (Wildman–Crippen LogP) is 0.318. The van der Waals surface area contributed by atoms with Crippen LogP contribution in [-0.4, -0.2) is 37.3 Å². The zero-order chi connectivity index (χ0) is 8.23. The summed E-state index contributed by atoms with van der Waals surface area (Å²) in [4.78, 5) is 2.33. The number of ether oxygens (including phenoxy) is 1. The van der Waals surface area contributed by atoms with Crippen LogP contribution in [0.5, 0.6) is 0 Å². The molecule has 0 aromatic carbocycles. The highest BCUT2D eigenvalue weighted by molar-refractivity contribution is 5.07. The normalized spacial score (nSPS) is 30.2. The second kappa shape index (κ2) is 3.74. The summed E-state index contributed by atoms with van der Waals surface area (Å²) in [5.74, 6) is 0. The molecule has 12 heavy (non-hydrogen) atoms. The Balaban J connectivity index is 1.90. The lowest BCUT2D eigenvalue weighted by Gasteiger charge is -2.32. The highest BCUT2D eigenvalue weighted by Gasteiger charge is 2.18. The summed E-state index contributed by atoms with van der Waals surface area (Å²) >= 11 is 0. The van der Waals surface area contributed by atoms with Gasteiger partial charge in [-0.2, -0.15) is 0 Å². The molecule has 0 saturated carbocycles. The molecule has 0 radical (unpaired) electrons. The molecular formula is C9H14N2O. The highest BCUT2D eigenvalue weighted by atomic mass is 16.5. The van der Waals surface area contributed by atoms with Gasteiger partial charge in [-0.1, -0.05) is 6.08 Å². The zero-order valence-corrected chi connectivity index (χ0v) is 7.07. The van der Waals surface area contributed by atoms with E-state index in [4.69, 9.17) is 4.74 Å². The van der Waals surface area contributed by atoms with Gasteiger partial charge in [-0.05, 0) is 12.2 Å². The van der Waals surface area contributed by atoms with Crippen molar-refractivity contribution in [2.24, 2.45) is 0 Å². The van der Waals surface area contributed by atoms with E-state index in [1.807, 2.05) is 12.2 Å². The summed E-state index contributed by atoms with van der Waals surface area (Å²) in [6.45, 7) is 4.28. The second-order valence-electron chi connectivity index (χ2n) is 3.03. The molecule has 1 unspecified atom stereocenters. The van der Waals surface area contributed by atoms with Gasteiger partial charge in [-0.15, -0.1) is 0 Å². The fourth-order valence-electron chi connectivity index (χ4n) is 1.52. The van der Waals surface area contributed by atoms with E-state index in [1.54, 1.807) is 6.26 Å². The van der Waals surface area contributed by atoms with E-state index in [-0.39, 0.29) is 6.23 Å². The minimum Gasteiger partial charge on any atom is -0.479 e. The summed E-state index contributed by atoms with van der Waals surface area (Å²) < 4.78 is 5.45. The van der Waals surface area contributed by atoms with Crippen molar-refractivity contribution < 1.29 is 4.74 Å². The summed E-state index contributed by atoms with van der Waals surface area (Å²) in [5, 5.41) is 3.31. The highest BCUT2D eigenvalue weighted by Crippen LogP contribution is 2.08. The lowest BCUT2D eigenvalue weighted by atomic mass is 10.3. The Morgan fingerprint density at radius 3 is 2.75 bits per heavy atom. The van der Waals surface area contributed by atoms with E-state index < -0.39 is 0 Å². The van der Waals surface area contributed by atoms with Crippen LogP contribution >= 0.6 is 0 Å². The molecule has 1 N–H and O–H groups in total. The molecule has 2 rings (SSSR count). The Hall–Kier alpha value is -0.800. The Labute approximate surface area is 72.7 Å². The quantitative estimate of drug-likeness (QED) is 0.607. The molecule has 2 heterocycles. The molecule has 3 nitrogen and oxygen atoms in total. The number of nitrogens with one attached hydrogen (secondary N) is 1. The summed E-state index contributed by atoms with van der Waals surface area (Å²) in [6.07, 6.45) is 7.96. The Bertz CT molecular complexity index is 195. The maximum Gasteiger partial charge on any atom is 0.171 e. The molecule has 1 saturated heterocycles. The smallest absolute Gasteiger partial charge is 0.171 e. The van der Waals surface area contributed by atoms with Crippen LogP contribution in [0.2, 0.25) is 0 Å². The van der Waals surface area contributed by atoms with Crippen LogP contribution in [0.3, 0.4) is 0 Å². The topological polar surface area (TPSA) is 24.5 Å². The first-order valence-electron chi connectivity index (χ1n) is 4.40. The first kappa shape index (κ1) is 7.83. The molecule has 0 bridgehead atoms. The second-order valence-corrected chi connectivity index (χ2v) is 3.03. The predicted molar refractivity (Wildman–Crippen MR) is 47.6 cm³/mol. The fourth-order valence-corrected chi connectivity index (χ4v) is 1.52. The van der Waals surface area contributed by atoms with Crippen LogP contribution < -0.4 is 5.32 Å². The van der Waals surface area contributed by atoms with Gasteiger partial charge < -0.3 is 10.1 Å². The van der Waals surface area contributed by atoms with Crippen LogP contribution in [0.1, 0.15) is 0 Å². The minimum absolute atomic E-state index is 0.164. The van der Waals surface area contributed by atoms with E-state index in [9.17, 15) is 0 Å². The average Bonchev–Trinajstić information content (AvgIpc) is 2.21. The molecule has 3 heteroatoms. The Morgan fingerprint density at radius 1 is 1.25 bits per heavy atom. The van der Waals surface area contributed by atoms with Crippen molar-refractivity contribution in [3.63, 3.8) is 0 Å². The van der Waals surface area contributed by atoms with Gasteiger partial charge in [-0.3, -0.25) is 4.90 Å². The maximum absolute atomic E-state index is 5.45. The van der Waals surface area contributed by atoms with Crippen LogP contribution in [0, 0.1) is 0 Å². The molecule has 1 atom stereocenters. The van der Waals surface area contributed by atoms with Crippen LogP contribution in [-0.2, 0) is 4.74 Å². The van der Waals surface area contributed by atoms with Gasteiger partial charge >= 0.3 is 0 Å². The molecule has 66 valence electrons. The van der Waals surface area contributed by atoms with Crippen LogP contribution in [0.4, 0.5) is 0 Å². The number of hydrogen-bond acceptors (Lipinski definition) is 3. The Morgan fingerprint density at radius 2 is 2.08 bits per heavy atom. The van der Waals surface area contributed by atoms with Gasteiger partial charge in [-0.25, -0.2) is 0 Å². The number of rotatable bonds is 1. The van der Waals surface area contributed by atoms with Crippen molar-refractivity contribution in [3.8, 4) is 0 Å². The van der Waals surface area contributed by atoms with Gasteiger partial charge in [0, 0.05) is 26.2 Å². The third kappa shape index (κ3) is 1.68. The molecule has 1 fully saturated rings. The Kier molecular flexibility index (Phi) is 2.44. The lowest BCUT2D eigenvalue weighted by molar-refractivity contribution is 0.0179. The minimum atomic E-state index is 0.164. The fraction of sp³-hybridized carbons (Fsp3) is 0.556. The third-order valence-electron chi connectivity index (χ3n) is 2.19. The molecule has 0 aliphatic carbocycles. The van der Waals surface area contributed by atoms with Crippen LogP contribution in [0.15, 0.2) is 24.5 Å². The first-order chi connectivity index (χ1) is 5.97. The molecule has 0 amide bonds. The summed E-state index contributed by atoms with van der Waals surface area (Å²) in [7, 11) is 0. The monoisotopic (exact) mass is 166 g/mol. The van der Waals surface area contributed by atoms with Crippen molar-refractivity contribution in [1.29, 1.82) is 0 Å². The van der Waals surface area contributed by atoms with Gasteiger partial charge in [0.05, 0.1) is 6.26 Å². The lowest BCUT2D eigenvalue weighted by Crippen LogP contribution is -2.48. The molecule has 2 aliphatic rings. The van der Waals surface area contributed by atoms with E-state index in [0.717, 1.165) is 26.2 Å². The number of hydrogen-bond donors (Lipinski definition) is 1. The SMILES string of the molecule is C1=COC(N2CCNCC2)C=C1. The average molecular weight is 166 g/mol. The molecular weight excluding hydrogens is 152 g/mol. The summed E-state index contributed by atoms with van der Waals surface area (Å²) in [6, 6.07) is 0. The van der Waals surface area contributed by atoms with E-state index in [1.165, 1.54) is 0 Å². The number of nitrogens with zero attached hydrogens (tertiary/aromatic N) is 1. The van der Waals surface area contributed by atoms with Crippen molar-refractivity contribution in [2.45, 2.75) is 6.23 Å². The van der Waals surface area contributed by atoms with Gasteiger partial charge in [0.25, 0.3) is 0 Å². The van der Waals surface area contributed by atoms with Gasteiger partial charge in [0.15, 0.2) is 6.23 Å². The van der Waals surface area contributed by atoms with Gasteiger partial charge in [0.1, 0.15) is 0 Å². The molecule has 0 aromatic heterocycles. The number of piperazine rings is 1. The largest absolute Gasteiger partial charge is 0.479 e. The van der Waals surface area contributed by atoms with Crippen LogP contribution in [0.25, 0.3) is 0 Å². The summed E-state index contributed by atoms with van der Waals surface area (Å²) in [5.41, 5.74) is 0. The van der Waals surface area contributed by atoms with Crippen molar-refractivity contribution in [3.05, 3.63) is 24.5 Å². The van der Waals surface area contributed by atoms with Crippen molar-refractivity contribution >= 4 is 0 Å². The molecule has 0 spiro atoms. The molecule has 2 aliphatic heterocycles. The van der Waals surface area contributed by atoms with E-state index in [0.29, 0.717) is 0 Å². The van der Waals surface area contributed by atoms with E-state index in [2.05, 4.69) is 16.3 Å². The third-order valence-corrected chi connectivity index (χ3v) is 2.19. The van der Waals surface area contributed by atoms with Crippen molar-refractivity contribution in [2.75, 3.05) is 26.2 Å². The first-order valence-corrected chi connectivity index (χ1v) is 4.40. The molecule has 0 aromatic rings. The van der Waals surface area contributed by atoms with Gasteiger partial charge in [0.2, 0.25) is 0 Å². The van der Waals surface area contributed by atoms with E-state index >= 15 is 0 Å². The van der Waals surface area contributed by atoms with Crippen molar-refractivity contribution in [1.82, 2.24) is 10.2 Å². The zero-order valence-electron chi connectivity index (χ0n) is 7.07. The number of allylic oxidation sites excluding steroid dienone is 2. The standard InChI is InChI=1S/C9H14N2O/c1-2-8-12-9(3-1)11-6-4-10-5-7-11/h1-3,8-10H,4-7H2. The maximum atomic E-state index is 5.45.